The van der Waals surface area contributed by atoms with Gasteiger partial charge in [-0.15, -0.1) is 0 Å². The third-order valence-electron chi connectivity index (χ3n) is 5.66. The molecule has 0 saturated heterocycles. The van der Waals surface area contributed by atoms with Crippen LogP contribution in [0.2, 0.25) is 0 Å². The van der Waals surface area contributed by atoms with Gasteiger partial charge in [0.15, 0.2) is 0 Å². The Morgan fingerprint density at radius 3 is 1.97 bits per heavy atom. The molecule has 0 spiro atoms. The topological polar surface area (TPSA) is 77.9 Å². The first kappa shape index (κ1) is 23.1. The van der Waals surface area contributed by atoms with Crippen LogP contribution in [0.15, 0.2) is 95.6 Å². The van der Waals surface area contributed by atoms with E-state index < -0.39 is 5.41 Å². The monoisotopic (exact) mass is 454 g/mol. The van der Waals surface area contributed by atoms with Crippen LogP contribution in [0.5, 0.6) is 0 Å². The van der Waals surface area contributed by atoms with Gasteiger partial charge in [0.05, 0.1) is 22.8 Å². The number of carbonyl (C=O) groups excluding carboxylic acids is 2. The Morgan fingerprint density at radius 1 is 0.794 bits per heavy atom. The van der Waals surface area contributed by atoms with Crippen LogP contribution >= 0.6 is 0 Å². The van der Waals surface area contributed by atoms with Gasteiger partial charge < -0.3 is 9.47 Å². The second-order valence-corrected chi connectivity index (χ2v) is 8.15. The fourth-order valence-corrected chi connectivity index (χ4v) is 4.15. The lowest BCUT2D eigenvalue weighted by Gasteiger charge is -2.36. The van der Waals surface area contributed by atoms with Crippen LogP contribution in [0, 0.1) is 0 Å². The van der Waals surface area contributed by atoms with E-state index in [2.05, 4.69) is 30.3 Å². The molecule has 3 aromatic rings. The average Bonchev–Trinajstić information content (AvgIpc) is 2.87. The molecular weight excluding hydrogens is 428 g/mol. The predicted octanol–water partition coefficient (Wildman–Crippen LogP) is 4.77. The number of rotatable bonds is 7. The molecule has 0 amide bonds. The average molecular weight is 455 g/mol. The molecule has 0 unspecified atom stereocenters. The van der Waals surface area contributed by atoms with E-state index in [-0.39, 0.29) is 25.2 Å². The largest absolute Gasteiger partial charge is 0.459 e. The number of carbonyl (C=O) groups is 2. The fourth-order valence-electron chi connectivity index (χ4n) is 4.15. The van der Waals surface area contributed by atoms with Crippen molar-refractivity contribution >= 4 is 17.7 Å². The molecule has 172 valence electrons. The molecule has 1 aromatic heterocycles. The number of hydrogen-bond acceptors (Lipinski definition) is 6. The van der Waals surface area contributed by atoms with Crippen molar-refractivity contribution in [3.05, 3.63) is 113 Å². The van der Waals surface area contributed by atoms with Crippen molar-refractivity contribution in [3.8, 4) is 0 Å². The Bertz CT molecular complexity index is 1190. The lowest BCUT2D eigenvalue weighted by Crippen LogP contribution is -2.33. The first-order valence-electron chi connectivity index (χ1n) is 11.1. The van der Waals surface area contributed by atoms with Crippen LogP contribution in [0.3, 0.4) is 0 Å². The van der Waals surface area contributed by atoms with E-state index in [9.17, 15) is 9.59 Å². The summed E-state index contributed by atoms with van der Waals surface area (Å²) in [6.45, 7) is 2.91. The minimum absolute atomic E-state index is 0.0629. The maximum atomic E-state index is 11.6. The lowest BCUT2D eigenvalue weighted by molar-refractivity contribution is -0.142. The minimum Gasteiger partial charge on any atom is -0.459 e. The number of esters is 2. The highest BCUT2D eigenvalue weighted by Crippen LogP contribution is 2.41. The zero-order valence-corrected chi connectivity index (χ0v) is 19.2. The summed E-state index contributed by atoms with van der Waals surface area (Å²) in [5, 5.41) is 0. The number of aromatic nitrogens is 1. The molecule has 2 aromatic carbocycles. The van der Waals surface area contributed by atoms with E-state index >= 15 is 0 Å². The van der Waals surface area contributed by atoms with E-state index in [4.69, 9.17) is 19.5 Å². The summed E-state index contributed by atoms with van der Waals surface area (Å²) < 4.78 is 10.5. The van der Waals surface area contributed by atoms with Crippen LogP contribution in [0.25, 0.3) is 0 Å². The van der Waals surface area contributed by atoms with Crippen molar-refractivity contribution in [1.29, 1.82) is 0 Å². The van der Waals surface area contributed by atoms with Gasteiger partial charge in [-0.3, -0.25) is 14.6 Å². The van der Waals surface area contributed by atoms with Crippen LogP contribution in [-0.4, -0.2) is 29.2 Å². The molecule has 34 heavy (non-hydrogen) atoms. The maximum Gasteiger partial charge on any atom is 0.303 e. The second-order valence-electron chi connectivity index (χ2n) is 8.15. The van der Waals surface area contributed by atoms with Gasteiger partial charge in [0.25, 0.3) is 0 Å². The number of allylic oxidation sites excluding steroid dienone is 1. The van der Waals surface area contributed by atoms with Gasteiger partial charge in [0, 0.05) is 25.7 Å². The number of benzene rings is 2. The lowest BCUT2D eigenvalue weighted by atomic mass is 9.69. The Balaban J connectivity index is 1.82. The Kier molecular flexibility index (Phi) is 6.97. The van der Waals surface area contributed by atoms with E-state index in [1.807, 2.05) is 54.6 Å². The summed E-state index contributed by atoms with van der Waals surface area (Å²) in [4.78, 5) is 32.4. The molecule has 1 aliphatic heterocycles. The van der Waals surface area contributed by atoms with E-state index in [0.717, 1.165) is 16.8 Å². The Hall–Kier alpha value is -4.06. The number of nitrogens with zero attached hydrogens (tertiary/aromatic N) is 2. The van der Waals surface area contributed by atoms with Gasteiger partial charge in [0.2, 0.25) is 0 Å². The van der Waals surface area contributed by atoms with Crippen LogP contribution < -0.4 is 0 Å². The summed E-state index contributed by atoms with van der Waals surface area (Å²) in [7, 11) is 0. The second kappa shape index (κ2) is 10.3. The normalized spacial score (nSPS) is 14.5. The molecule has 0 bridgehead atoms. The number of hydrogen-bond donors (Lipinski definition) is 0. The predicted molar refractivity (Wildman–Crippen MR) is 129 cm³/mol. The molecule has 2 heterocycles. The van der Waals surface area contributed by atoms with E-state index in [0.29, 0.717) is 23.5 Å². The third-order valence-corrected chi connectivity index (χ3v) is 5.66. The van der Waals surface area contributed by atoms with Crippen molar-refractivity contribution in [2.45, 2.75) is 32.3 Å². The summed E-state index contributed by atoms with van der Waals surface area (Å²) in [5.74, 6) is -0.726. The highest BCUT2D eigenvalue weighted by Gasteiger charge is 2.37. The van der Waals surface area contributed by atoms with Gasteiger partial charge in [-0.05, 0) is 29.3 Å². The van der Waals surface area contributed by atoms with Crippen molar-refractivity contribution in [2.24, 2.45) is 4.99 Å². The molecule has 0 N–H and O–H groups in total. The Labute approximate surface area is 199 Å². The highest BCUT2D eigenvalue weighted by molar-refractivity contribution is 6.02. The number of aliphatic imine (C=N–C) groups is 1. The van der Waals surface area contributed by atoms with Gasteiger partial charge in [0.1, 0.15) is 13.2 Å². The van der Waals surface area contributed by atoms with Crippen LogP contribution in [-0.2, 0) is 31.1 Å². The van der Waals surface area contributed by atoms with Gasteiger partial charge in [-0.1, -0.05) is 66.7 Å². The zero-order chi connectivity index (χ0) is 24.0. The third kappa shape index (κ3) is 5.29. The van der Waals surface area contributed by atoms with Crippen molar-refractivity contribution in [1.82, 2.24) is 4.98 Å². The van der Waals surface area contributed by atoms with Crippen molar-refractivity contribution in [3.63, 3.8) is 0 Å². The molecule has 6 heteroatoms. The first-order chi connectivity index (χ1) is 16.5. The summed E-state index contributed by atoms with van der Waals surface area (Å²) in [5.41, 5.74) is 4.42. The summed E-state index contributed by atoms with van der Waals surface area (Å²) in [6.07, 6.45) is 2.65. The van der Waals surface area contributed by atoms with Gasteiger partial charge >= 0.3 is 11.9 Å². The quantitative estimate of drug-likeness (QED) is 0.481. The molecule has 6 nitrogen and oxygen atoms in total. The molecule has 0 saturated carbocycles. The van der Waals surface area contributed by atoms with E-state index in [1.165, 1.54) is 13.8 Å². The standard InChI is InChI=1S/C28H26N2O4/c1-20(31)33-18-24-14-9-15-26(29-24)27-17-28(22-10-5-3-6-11-22,23-12-7-4-8-13-23)16-25(30-27)19-34-21(2)32/h3-16H,17-19H2,1-2H3. The van der Waals surface area contributed by atoms with Gasteiger partial charge in [-0.25, -0.2) is 4.98 Å². The maximum absolute atomic E-state index is 11.6. The zero-order valence-electron chi connectivity index (χ0n) is 19.2. The fraction of sp³-hybridized carbons (Fsp3) is 0.214. The van der Waals surface area contributed by atoms with Crippen molar-refractivity contribution in [2.75, 3.05) is 6.61 Å². The molecule has 0 radical (unpaired) electrons. The van der Waals surface area contributed by atoms with Gasteiger partial charge in [-0.2, -0.15) is 0 Å². The Morgan fingerprint density at radius 2 is 1.38 bits per heavy atom. The van der Waals surface area contributed by atoms with E-state index in [1.54, 1.807) is 0 Å². The highest BCUT2D eigenvalue weighted by atomic mass is 16.5. The first-order valence-corrected chi connectivity index (χ1v) is 11.1. The molecule has 0 fully saturated rings. The molecule has 0 atom stereocenters. The minimum atomic E-state index is -0.525. The molecule has 1 aliphatic rings. The van der Waals surface area contributed by atoms with Crippen molar-refractivity contribution < 1.29 is 19.1 Å². The molecule has 0 aliphatic carbocycles. The van der Waals surface area contributed by atoms with Crippen LogP contribution in [0.4, 0.5) is 0 Å². The number of ether oxygens (including phenoxy) is 2. The number of pyridine rings is 1. The SMILES string of the molecule is CC(=O)OCC1=CC(c2ccccc2)(c2ccccc2)CC(c2cccc(COC(C)=O)n2)=N1. The smallest absolute Gasteiger partial charge is 0.303 e. The summed E-state index contributed by atoms with van der Waals surface area (Å²) >= 11 is 0. The van der Waals surface area contributed by atoms with Crippen LogP contribution in [0.1, 0.15) is 42.8 Å². The summed E-state index contributed by atoms with van der Waals surface area (Å²) in [6, 6.07) is 26.0. The molecule has 4 rings (SSSR count). The molecular formula is C28H26N2O4.